The normalized spacial score (nSPS) is 18.5. The van der Waals surface area contributed by atoms with E-state index in [-0.39, 0.29) is 5.91 Å². The van der Waals surface area contributed by atoms with Crippen LogP contribution in [0.2, 0.25) is 0 Å². The Morgan fingerprint density at radius 2 is 1.83 bits per heavy atom. The monoisotopic (exact) mass is 336 g/mol. The number of thioether (sulfide) groups is 1. The van der Waals surface area contributed by atoms with Gasteiger partial charge in [-0.05, 0) is 18.1 Å². The van der Waals surface area contributed by atoms with Gasteiger partial charge in [0.1, 0.15) is 0 Å². The molecular formula is C20H20N2OS. The second-order valence-electron chi connectivity index (χ2n) is 6.10. The minimum absolute atomic E-state index is 0.141. The van der Waals surface area contributed by atoms with Gasteiger partial charge in [-0.3, -0.25) is 4.79 Å². The van der Waals surface area contributed by atoms with Crippen LogP contribution in [0.1, 0.15) is 27.6 Å². The number of H-pyrrole nitrogens is 1. The van der Waals surface area contributed by atoms with Gasteiger partial charge in [0.15, 0.2) is 0 Å². The van der Waals surface area contributed by atoms with Crippen LogP contribution in [0.5, 0.6) is 0 Å². The summed E-state index contributed by atoms with van der Waals surface area (Å²) in [5.74, 6) is 1.12. The number of nitrogens with one attached hydrogen (secondary N) is 1. The van der Waals surface area contributed by atoms with E-state index in [2.05, 4.69) is 35.3 Å². The lowest BCUT2D eigenvalue weighted by atomic mass is 10.1. The fraction of sp³-hybridized carbons (Fsp3) is 0.250. The minimum atomic E-state index is 0.141. The highest BCUT2D eigenvalue weighted by molar-refractivity contribution is 7.99. The first-order valence-corrected chi connectivity index (χ1v) is 9.40. The number of fused-ring (bicyclic) bond motifs is 1. The second-order valence-corrected chi connectivity index (χ2v) is 7.41. The molecular weight excluding hydrogens is 316 g/mol. The predicted molar refractivity (Wildman–Crippen MR) is 100 cm³/mol. The maximum absolute atomic E-state index is 13.0. The average Bonchev–Trinajstić information content (AvgIpc) is 2.91. The lowest BCUT2D eigenvalue weighted by Crippen LogP contribution is -2.32. The number of hydrogen-bond acceptors (Lipinski definition) is 2. The van der Waals surface area contributed by atoms with Gasteiger partial charge in [-0.1, -0.05) is 48.5 Å². The summed E-state index contributed by atoms with van der Waals surface area (Å²) < 4.78 is 0. The summed E-state index contributed by atoms with van der Waals surface area (Å²) in [4.78, 5) is 18.2. The van der Waals surface area contributed by atoms with E-state index in [1.54, 1.807) is 0 Å². The summed E-state index contributed by atoms with van der Waals surface area (Å²) in [6, 6.07) is 18.6. The number of para-hydroxylation sites is 1. The number of aromatic amines is 1. The van der Waals surface area contributed by atoms with Crippen LogP contribution >= 0.6 is 11.8 Å². The number of nitrogens with zero attached hydrogens (tertiary/aromatic N) is 1. The van der Waals surface area contributed by atoms with Crippen molar-refractivity contribution in [3.8, 4) is 0 Å². The number of carbonyl (C=O) groups excluding carboxylic acids is 1. The number of amides is 1. The number of rotatable bonds is 2. The van der Waals surface area contributed by atoms with Crippen LogP contribution in [0, 0.1) is 0 Å². The van der Waals surface area contributed by atoms with Crippen molar-refractivity contribution in [2.75, 3.05) is 18.8 Å². The molecule has 1 fully saturated rings. The molecule has 0 aliphatic carbocycles. The van der Waals surface area contributed by atoms with Crippen molar-refractivity contribution >= 4 is 28.6 Å². The molecule has 3 aromatic rings. The topological polar surface area (TPSA) is 36.1 Å². The molecule has 0 spiro atoms. The molecule has 1 aliphatic rings. The van der Waals surface area contributed by atoms with Gasteiger partial charge in [0.2, 0.25) is 0 Å². The maximum atomic E-state index is 13.0. The van der Waals surface area contributed by atoms with Gasteiger partial charge in [0.05, 0.1) is 5.56 Å². The first kappa shape index (κ1) is 15.3. The molecule has 4 heteroatoms. The Morgan fingerprint density at radius 3 is 2.71 bits per heavy atom. The second kappa shape index (κ2) is 6.73. The van der Waals surface area contributed by atoms with E-state index in [0.29, 0.717) is 5.25 Å². The van der Waals surface area contributed by atoms with E-state index in [9.17, 15) is 4.79 Å². The zero-order valence-corrected chi connectivity index (χ0v) is 14.3. The molecule has 0 bridgehead atoms. The molecule has 2 heterocycles. The Labute approximate surface area is 146 Å². The smallest absolute Gasteiger partial charge is 0.256 e. The summed E-state index contributed by atoms with van der Waals surface area (Å²) in [5, 5.41) is 1.49. The summed E-state index contributed by atoms with van der Waals surface area (Å²) in [7, 11) is 0. The van der Waals surface area contributed by atoms with Gasteiger partial charge < -0.3 is 9.88 Å². The van der Waals surface area contributed by atoms with Gasteiger partial charge in [-0.25, -0.2) is 0 Å². The first-order chi connectivity index (χ1) is 11.8. The maximum Gasteiger partial charge on any atom is 0.256 e. The zero-order valence-electron chi connectivity index (χ0n) is 13.4. The molecule has 0 unspecified atom stereocenters. The van der Waals surface area contributed by atoms with Crippen LogP contribution in [0.4, 0.5) is 0 Å². The van der Waals surface area contributed by atoms with E-state index >= 15 is 0 Å². The molecule has 0 radical (unpaired) electrons. The Morgan fingerprint density at radius 1 is 1.04 bits per heavy atom. The van der Waals surface area contributed by atoms with Crippen molar-refractivity contribution < 1.29 is 4.79 Å². The first-order valence-electron chi connectivity index (χ1n) is 8.35. The molecule has 1 N–H and O–H groups in total. The van der Waals surface area contributed by atoms with Crippen molar-refractivity contribution in [2.45, 2.75) is 11.7 Å². The van der Waals surface area contributed by atoms with Crippen molar-refractivity contribution in [1.29, 1.82) is 0 Å². The summed E-state index contributed by atoms with van der Waals surface area (Å²) >= 11 is 1.96. The highest BCUT2D eigenvalue weighted by atomic mass is 32.2. The molecule has 1 aliphatic heterocycles. The number of aromatic nitrogens is 1. The molecule has 1 atom stereocenters. The van der Waals surface area contributed by atoms with Gasteiger partial charge in [-0.15, -0.1) is 0 Å². The standard InChI is InChI=1S/C20H20N2OS/c23-20(17-14-21-18-9-5-4-8-16(17)18)22-11-10-19(24-13-12-22)15-6-2-1-3-7-15/h1-9,14,19,21H,10-13H2/t19-/m1/s1. The fourth-order valence-electron chi connectivity index (χ4n) is 3.33. The summed E-state index contributed by atoms with van der Waals surface area (Å²) in [5.41, 5.74) is 3.17. The Balaban J connectivity index is 1.52. The van der Waals surface area contributed by atoms with Gasteiger partial charge in [0, 0.05) is 41.2 Å². The van der Waals surface area contributed by atoms with Crippen LogP contribution in [-0.2, 0) is 0 Å². The third-order valence-corrected chi connectivity index (χ3v) is 5.95. The Hall–Kier alpha value is -2.20. The van der Waals surface area contributed by atoms with E-state index in [4.69, 9.17) is 0 Å². The zero-order chi connectivity index (χ0) is 16.4. The molecule has 0 saturated carbocycles. The number of hydrogen-bond donors (Lipinski definition) is 1. The van der Waals surface area contributed by atoms with Crippen LogP contribution in [0.15, 0.2) is 60.8 Å². The SMILES string of the molecule is O=C(c1c[nH]c2ccccc12)N1CCS[C@@H](c2ccccc2)CC1. The number of benzene rings is 2. The average molecular weight is 336 g/mol. The van der Waals surface area contributed by atoms with E-state index < -0.39 is 0 Å². The predicted octanol–water partition coefficient (Wildman–Crippen LogP) is 4.49. The minimum Gasteiger partial charge on any atom is -0.360 e. The molecule has 1 amide bonds. The molecule has 1 saturated heterocycles. The molecule has 122 valence electrons. The van der Waals surface area contributed by atoms with Crippen molar-refractivity contribution in [3.63, 3.8) is 0 Å². The molecule has 2 aromatic carbocycles. The third-order valence-electron chi connectivity index (χ3n) is 4.62. The fourth-order valence-corrected chi connectivity index (χ4v) is 4.56. The van der Waals surface area contributed by atoms with Crippen LogP contribution in [0.25, 0.3) is 10.9 Å². The Bertz CT molecular complexity index is 843. The lowest BCUT2D eigenvalue weighted by molar-refractivity contribution is 0.0768. The van der Waals surface area contributed by atoms with Crippen molar-refractivity contribution in [1.82, 2.24) is 9.88 Å². The van der Waals surface area contributed by atoms with Crippen LogP contribution < -0.4 is 0 Å². The molecule has 1 aromatic heterocycles. The number of carbonyl (C=O) groups is 1. The molecule has 4 rings (SSSR count). The summed E-state index contributed by atoms with van der Waals surface area (Å²) in [6.45, 7) is 1.62. The summed E-state index contributed by atoms with van der Waals surface area (Å²) in [6.07, 6.45) is 2.85. The van der Waals surface area contributed by atoms with Crippen LogP contribution in [0.3, 0.4) is 0 Å². The largest absolute Gasteiger partial charge is 0.360 e. The van der Waals surface area contributed by atoms with Crippen molar-refractivity contribution in [3.05, 3.63) is 71.9 Å². The van der Waals surface area contributed by atoms with E-state index in [0.717, 1.165) is 41.7 Å². The Kier molecular flexibility index (Phi) is 4.30. The van der Waals surface area contributed by atoms with Gasteiger partial charge in [-0.2, -0.15) is 11.8 Å². The van der Waals surface area contributed by atoms with Gasteiger partial charge in [0.25, 0.3) is 5.91 Å². The lowest BCUT2D eigenvalue weighted by Gasteiger charge is -2.20. The van der Waals surface area contributed by atoms with Crippen LogP contribution in [-0.4, -0.2) is 34.6 Å². The van der Waals surface area contributed by atoms with Crippen molar-refractivity contribution in [2.24, 2.45) is 0 Å². The van der Waals surface area contributed by atoms with E-state index in [1.807, 2.05) is 47.1 Å². The highest BCUT2D eigenvalue weighted by Gasteiger charge is 2.24. The molecule has 3 nitrogen and oxygen atoms in total. The third kappa shape index (κ3) is 2.94. The van der Waals surface area contributed by atoms with E-state index in [1.165, 1.54) is 5.56 Å². The quantitative estimate of drug-likeness (QED) is 0.748. The molecule has 24 heavy (non-hydrogen) atoms. The van der Waals surface area contributed by atoms with Gasteiger partial charge >= 0.3 is 0 Å². The highest BCUT2D eigenvalue weighted by Crippen LogP contribution is 2.34.